The smallest absolute Gasteiger partial charge is 0.309 e. The van der Waals surface area contributed by atoms with Crippen LogP contribution in [-0.2, 0) is 9.53 Å². The number of aliphatic hydroxyl groups excluding tert-OH is 1. The van der Waals surface area contributed by atoms with Crippen molar-refractivity contribution in [3.8, 4) is 0 Å². The highest BCUT2D eigenvalue weighted by molar-refractivity contribution is 5.74. The van der Waals surface area contributed by atoms with Crippen molar-refractivity contribution in [2.45, 2.75) is 25.9 Å². The summed E-state index contributed by atoms with van der Waals surface area (Å²) in [5.41, 5.74) is 2.47. The van der Waals surface area contributed by atoms with Gasteiger partial charge < -0.3 is 9.84 Å². The molecule has 0 heterocycles. The number of esters is 1. The number of rotatable bonds is 4. The fourth-order valence-corrected chi connectivity index (χ4v) is 2.47. The maximum Gasteiger partial charge on any atom is 0.309 e. The van der Waals surface area contributed by atoms with Crippen LogP contribution in [0.5, 0.6) is 0 Å². The van der Waals surface area contributed by atoms with Crippen molar-refractivity contribution >= 4 is 5.97 Å². The highest BCUT2D eigenvalue weighted by Crippen LogP contribution is 2.35. The monoisotopic (exact) mass is 272 g/mol. The van der Waals surface area contributed by atoms with Crippen LogP contribution >= 0.6 is 0 Å². The summed E-state index contributed by atoms with van der Waals surface area (Å²) >= 11 is 0. The third-order valence-corrected chi connectivity index (χ3v) is 3.55. The topological polar surface area (TPSA) is 46.5 Å². The lowest BCUT2D eigenvalue weighted by Crippen LogP contribution is -2.22. The van der Waals surface area contributed by atoms with Crippen molar-refractivity contribution in [1.29, 1.82) is 0 Å². The molecule has 0 saturated heterocycles. The summed E-state index contributed by atoms with van der Waals surface area (Å²) in [6, 6.07) is 9.47. The minimum Gasteiger partial charge on any atom is -0.466 e. The van der Waals surface area contributed by atoms with Crippen molar-refractivity contribution in [3.63, 3.8) is 0 Å². The Bertz CT molecular complexity index is 516. The molecule has 0 amide bonds. The molecule has 1 aromatic rings. The van der Waals surface area contributed by atoms with Crippen LogP contribution in [-0.4, -0.2) is 17.7 Å². The second-order valence-corrected chi connectivity index (χ2v) is 4.97. The summed E-state index contributed by atoms with van der Waals surface area (Å²) in [5.74, 6) is -0.354. The van der Waals surface area contributed by atoms with Crippen molar-refractivity contribution in [3.05, 3.63) is 59.7 Å². The quantitative estimate of drug-likeness (QED) is 0.856. The zero-order valence-electron chi connectivity index (χ0n) is 11.7. The van der Waals surface area contributed by atoms with Gasteiger partial charge in [0, 0.05) is 0 Å². The van der Waals surface area contributed by atoms with E-state index in [0.29, 0.717) is 19.4 Å². The Hall–Kier alpha value is -1.87. The highest BCUT2D eigenvalue weighted by atomic mass is 16.5. The lowest BCUT2D eigenvalue weighted by molar-refractivity contribution is -0.147. The molecule has 2 unspecified atom stereocenters. The number of carbonyl (C=O) groups is 1. The first-order valence-electron chi connectivity index (χ1n) is 6.91. The molecule has 1 aliphatic rings. The average molecular weight is 272 g/mol. The molecule has 1 aliphatic carbocycles. The largest absolute Gasteiger partial charge is 0.466 e. The third kappa shape index (κ3) is 3.17. The van der Waals surface area contributed by atoms with E-state index in [1.54, 1.807) is 6.92 Å². The van der Waals surface area contributed by atoms with E-state index in [2.05, 4.69) is 6.58 Å². The molecule has 106 valence electrons. The Morgan fingerprint density at radius 1 is 1.45 bits per heavy atom. The van der Waals surface area contributed by atoms with Gasteiger partial charge in [0.2, 0.25) is 0 Å². The Balaban J connectivity index is 2.11. The first-order valence-corrected chi connectivity index (χ1v) is 6.91. The molecular weight excluding hydrogens is 252 g/mol. The molecule has 0 radical (unpaired) electrons. The Morgan fingerprint density at radius 2 is 2.15 bits per heavy atom. The van der Waals surface area contributed by atoms with Crippen molar-refractivity contribution in [1.82, 2.24) is 0 Å². The zero-order chi connectivity index (χ0) is 14.5. The van der Waals surface area contributed by atoms with Crippen LogP contribution < -0.4 is 0 Å². The van der Waals surface area contributed by atoms with Crippen LogP contribution in [0.4, 0.5) is 0 Å². The van der Waals surface area contributed by atoms with Crippen LogP contribution in [0.3, 0.4) is 0 Å². The van der Waals surface area contributed by atoms with Gasteiger partial charge in [0.25, 0.3) is 0 Å². The van der Waals surface area contributed by atoms with E-state index in [0.717, 1.165) is 16.7 Å². The minimum absolute atomic E-state index is 0.172. The lowest BCUT2D eigenvalue weighted by atomic mass is 9.82. The van der Waals surface area contributed by atoms with Crippen LogP contribution in [0.1, 0.15) is 31.4 Å². The summed E-state index contributed by atoms with van der Waals surface area (Å²) in [6.45, 7) is 6.19. The number of carbonyl (C=O) groups excluding carboxylic acids is 1. The molecule has 0 aromatic heterocycles. The first kappa shape index (κ1) is 14.5. The highest BCUT2D eigenvalue weighted by Gasteiger charge is 2.27. The average Bonchev–Trinajstić information content (AvgIpc) is 2.47. The fraction of sp³-hybridized carbons (Fsp3) is 0.353. The van der Waals surface area contributed by atoms with Gasteiger partial charge >= 0.3 is 5.97 Å². The standard InChI is InChI=1S/C17H20O3/c1-3-20-17(19)14-9-10-15(12(2)11-14)16(18)13-7-5-4-6-8-13/h4-8,10,14,16,18H,2-3,9,11H2,1H3. The van der Waals surface area contributed by atoms with E-state index in [1.165, 1.54) is 0 Å². The molecule has 0 aliphatic heterocycles. The number of ether oxygens (including phenoxy) is 1. The maximum absolute atomic E-state index is 11.7. The summed E-state index contributed by atoms with van der Waals surface area (Å²) in [5, 5.41) is 10.4. The zero-order valence-corrected chi connectivity index (χ0v) is 11.7. The predicted octanol–water partition coefficient (Wildman–Crippen LogP) is 3.18. The van der Waals surface area contributed by atoms with Gasteiger partial charge in [-0.25, -0.2) is 0 Å². The van der Waals surface area contributed by atoms with Crippen molar-refractivity contribution in [2.75, 3.05) is 6.61 Å². The van der Waals surface area contributed by atoms with E-state index in [-0.39, 0.29) is 11.9 Å². The number of allylic oxidation sites excluding steroid dienone is 1. The van der Waals surface area contributed by atoms with E-state index in [4.69, 9.17) is 4.74 Å². The minimum atomic E-state index is -0.674. The normalized spacial score (nSPS) is 20.2. The van der Waals surface area contributed by atoms with Crippen molar-refractivity contribution in [2.24, 2.45) is 5.92 Å². The van der Waals surface area contributed by atoms with E-state index < -0.39 is 6.10 Å². The molecule has 1 aromatic carbocycles. The molecule has 1 N–H and O–H groups in total. The Kier molecular flexibility index (Phi) is 4.74. The molecular formula is C17H20O3. The van der Waals surface area contributed by atoms with Gasteiger partial charge in [-0.3, -0.25) is 4.79 Å². The van der Waals surface area contributed by atoms with Crippen LogP contribution in [0, 0.1) is 5.92 Å². The summed E-state index contributed by atoms with van der Waals surface area (Å²) in [6.07, 6.45) is 2.38. The summed E-state index contributed by atoms with van der Waals surface area (Å²) in [7, 11) is 0. The number of hydrogen-bond acceptors (Lipinski definition) is 3. The van der Waals surface area contributed by atoms with Gasteiger partial charge in [-0.2, -0.15) is 0 Å². The number of hydrogen-bond donors (Lipinski definition) is 1. The number of aliphatic hydroxyl groups is 1. The lowest BCUT2D eigenvalue weighted by Gasteiger charge is -2.25. The summed E-state index contributed by atoms with van der Waals surface area (Å²) in [4.78, 5) is 11.7. The van der Waals surface area contributed by atoms with Gasteiger partial charge in [-0.15, -0.1) is 0 Å². The molecule has 3 heteroatoms. The van der Waals surface area contributed by atoms with E-state index >= 15 is 0 Å². The molecule has 0 spiro atoms. The van der Waals surface area contributed by atoms with E-state index in [9.17, 15) is 9.90 Å². The van der Waals surface area contributed by atoms with Crippen LogP contribution in [0.15, 0.2) is 54.1 Å². The predicted molar refractivity (Wildman–Crippen MR) is 78.0 cm³/mol. The molecule has 2 atom stereocenters. The van der Waals surface area contributed by atoms with Crippen LogP contribution in [0.25, 0.3) is 0 Å². The van der Waals surface area contributed by atoms with Gasteiger partial charge in [0.15, 0.2) is 0 Å². The Morgan fingerprint density at radius 3 is 2.75 bits per heavy atom. The molecule has 0 bridgehead atoms. The second-order valence-electron chi connectivity index (χ2n) is 4.97. The van der Waals surface area contributed by atoms with Crippen LogP contribution in [0.2, 0.25) is 0 Å². The van der Waals surface area contributed by atoms with E-state index in [1.807, 2.05) is 36.4 Å². The van der Waals surface area contributed by atoms with Gasteiger partial charge in [0.1, 0.15) is 6.10 Å². The molecule has 2 rings (SSSR count). The maximum atomic E-state index is 11.7. The first-order chi connectivity index (χ1) is 9.63. The van der Waals surface area contributed by atoms with Gasteiger partial charge in [-0.05, 0) is 36.5 Å². The SMILES string of the molecule is C=C1CC(C(=O)OCC)CC=C1C(O)c1ccccc1. The Labute approximate surface area is 119 Å². The van der Waals surface area contributed by atoms with Gasteiger partial charge in [-0.1, -0.05) is 43.0 Å². The molecule has 0 fully saturated rings. The fourth-order valence-electron chi connectivity index (χ4n) is 2.47. The number of benzene rings is 1. The second kappa shape index (κ2) is 6.53. The molecule has 20 heavy (non-hydrogen) atoms. The summed E-state index contributed by atoms with van der Waals surface area (Å²) < 4.78 is 5.04. The van der Waals surface area contributed by atoms with Gasteiger partial charge in [0.05, 0.1) is 12.5 Å². The third-order valence-electron chi connectivity index (χ3n) is 3.55. The molecule has 0 saturated carbocycles. The van der Waals surface area contributed by atoms with Crippen molar-refractivity contribution < 1.29 is 14.6 Å². The molecule has 3 nitrogen and oxygen atoms in total.